The molecule has 0 radical (unpaired) electrons. The van der Waals surface area contributed by atoms with Gasteiger partial charge in [-0.25, -0.2) is 0 Å². The van der Waals surface area contributed by atoms with E-state index in [1.165, 1.54) is 6.26 Å². The zero-order valence-electron chi connectivity index (χ0n) is 13.9. The first kappa shape index (κ1) is 17.5. The lowest BCUT2D eigenvalue weighted by molar-refractivity contribution is -0.124. The Balaban J connectivity index is 1.74. The van der Waals surface area contributed by atoms with E-state index in [0.29, 0.717) is 32.0 Å². The van der Waals surface area contributed by atoms with Gasteiger partial charge in [0.1, 0.15) is 6.04 Å². The van der Waals surface area contributed by atoms with Crippen molar-refractivity contribution in [3.63, 3.8) is 0 Å². The fourth-order valence-electron chi connectivity index (χ4n) is 2.65. The first-order valence-corrected chi connectivity index (χ1v) is 8.29. The molecule has 1 aromatic rings. The average Bonchev–Trinajstić information content (AvgIpc) is 3.20. The first-order valence-electron chi connectivity index (χ1n) is 8.29. The third-order valence-electron chi connectivity index (χ3n) is 3.76. The van der Waals surface area contributed by atoms with Crippen LogP contribution >= 0.6 is 0 Å². The molecule has 23 heavy (non-hydrogen) atoms. The Morgan fingerprint density at radius 1 is 1.48 bits per heavy atom. The summed E-state index contributed by atoms with van der Waals surface area (Å²) in [5, 5.41) is 2.90. The molecule has 1 atom stereocenters. The summed E-state index contributed by atoms with van der Waals surface area (Å²) in [5.74, 6) is 0.496. The number of hydrogen-bond acceptors (Lipinski definition) is 4. The van der Waals surface area contributed by atoms with Crippen molar-refractivity contribution >= 4 is 11.8 Å². The maximum Gasteiger partial charge on any atom is 0.290 e. The molecule has 6 heteroatoms. The van der Waals surface area contributed by atoms with E-state index < -0.39 is 6.04 Å². The summed E-state index contributed by atoms with van der Waals surface area (Å²) in [6.45, 7) is 6.74. The number of furan rings is 1. The van der Waals surface area contributed by atoms with Crippen molar-refractivity contribution in [2.45, 2.75) is 39.2 Å². The maximum atomic E-state index is 12.3. The van der Waals surface area contributed by atoms with Crippen LogP contribution in [0.4, 0.5) is 0 Å². The van der Waals surface area contributed by atoms with Gasteiger partial charge in [-0.3, -0.25) is 9.59 Å². The summed E-state index contributed by atoms with van der Waals surface area (Å²) in [4.78, 5) is 26.2. The third kappa shape index (κ3) is 5.10. The molecule has 0 aromatic carbocycles. The molecular formula is C17H26N2O4. The molecule has 1 N–H and O–H groups in total. The molecule has 1 unspecified atom stereocenters. The van der Waals surface area contributed by atoms with Gasteiger partial charge in [-0.05, 0) is 37.3 Å². The van der Waals surface area contributed by atoms with Crippen LogP contribution in [-0.2, 0) is 9.53 Å². The highest BCUT2D eigenvalue weighted by molar-refractivity contribution is 5.95. The number of nitrogens with one attached hydrogen (secondary N) is 1. The highest BCUT2D eigenvalue weighted by Crippen LogP contribution is 2.20. The van der Waals surface area contributed by atoms with E-state index in [1.54, 1.807) is 17.0 Å². The number of carbonyl (C=O) groups is 2. The van der Waals surface area contributed by atoms with Gasteiger partial charge in [0.2, 0.25) is 5.91 Å². The Morgan fingerprint density at radius 2 is 2.30 bits per heavy atom. The van der Waals surface area contributed by atoms with Gasteiger partial charge in [-0.15, -0.1) is 0 Å². The Kier molecular flexibility index (Phi) is 6.65. The number of likely N-dealkylation sites (tertiary alicyclic amines) is 1. The summed E-state index contributed by atoms with van der Waals surface area (Å²) in [6, 6.07) is 2.90. The van der Waals surface area contributed by atoms with E-state index in [1.807, 2.05) is 0 Å². The molecular weight excluding hydrogens is 296 g/mol. The second kappa shape index (κ2) is 8.72. The molecule has 1 saturated heterocycles. The molecule has 1 aliphatic rings. The van der Waals surface area contributed by atoms with Crippen molar-refractivity contribution in [3.05, 3.63) is 24.2 Å². The van der Waals surface area contributed by atoms with Crippen molar-refractivity contribution in [3.8, 4) is 0 Å². The van der Waals surface area contributed by atoms with E-state index in [4.69, 9.17) is 9.15 Å². The Labute approximate surface area is 137 Å². The van der Waals surface area contributed by atoms with Crippen LogP contribution in [0.25, 0.3) is 0 Å². The second-order valence-corrected chi connectivity index (χ2v) is 6.25. The minimum Gasteiger partial charge on any atom is -0.459 e. The lowest BCUT2D eigenvalue weighted by Crippen LogP contribution is -2.46. The molecule has 2 rings (SSSR count). The SMILES string of the molecule is CC(C)COCCCNC(=O)C1CCCN1C(=O)c1ccco1. The molecule has 1 fully saturated rings. The standard InChI is InChI=1S/C17H26N2O4/c1-13(2)12-22-10-5-8-18-16(20)14-6-3-9-19(14)17(21)15-7-4-11-23-15/h4,7,11,13-14H,3,5-6,8-10,12H2,1-2H3,(H,18,20). The minimum absolute atomic E-state index is 0.0914. The summed E-state index contributed by atoms with van der Waals surface area (Å²) in [7, 11) is 0. The normalized spacial score (nSPS) is 17.7. The summed E-state index contributed by atoms with van der Waals surface area (Å²) in [5.41, 5.74) is 0. The van der Waals surface area contributed by atoms with E-state index in [-0.39, 0.29) is 17.6 Å². The van der Waals surface area contributed by atoms with Gasteiger partial charge in [0.15, 0.2) is 5.76 Å². The second-order valence-electron chi connectivity index (χ2n) is 6.25. The third-order valence-corrected chi connectivity index (χ3v) is 3.76. The quantitative estimate of drug-likeness (QED) is 0.744. The van der Waals surface area contributed by atoms with Gasteiger partial charge in [0.25, 0.3) is 5.91 Å². The lowest BCUT2D eigenvalue weighted by Gasteiger charge is -2.23. The highest BCUT2D eigenvalue weighted by Gasteiger charge is 2.35. The highest BCUT2D eigenvalue weighted by atomic mass is 16.5. The fraction of sp³-hybridized carbons (Fsp3) is 0.647. The lowest BCUT2D eigenvalue weighted by atomic mass is 10.2. The summed E-state index contributed by atoms with van der Waals surface area (Å²) in [6.07, 6.45) is 3.77. The molecule has 0 aliphatic carbocycles. The minimum atomic E-state index is -0.399. The smallest absolute Gasteiger partial charge is 0.290 e. The van der Waals surface area contributed by atoms with Crippen LogP contribution in [0, 0.1) is 5.92 Å². The first-order chi connectivity index (χ1) is 11.1. The van der Waals surface area contributed by atoms with E-state index in [0.717, 1.165) is 19.4 Å². The van der Waals surface area contributed by atoms with Crippen molar-refractivity contribution in [2.24, 2.45) is 5.92 Å². The zero-order valence-corrected chi connectivity index (χ0v) is 13.9. The van der Waals surface area contributed by atoms with Crippen LogP contribution in [0.2, 0.25) is 0 Å². The van der Waals surface area contributed by atoms with Crippen LogP contribution in [-0.4, -0.2) is 49.1 Å². The van der Waals surface area contributed by atoms with Crippen LogP contribution in [0.3, 0.4) is 0 Å². The fourth-order valence-corrected chi connectivity index (χ4v) is 2.65. The van der Waals surface area contributed by atoms with Gasteiger partial charge in [0, 0.05) is 26.3 Å². The molecule has 2 amide bonds. The van der Waals surface area contributed by atoms with Crippen LogP contribution in [0.5, 0.6) is 0 Å². The molecule has 1 aliphatic heterocycles. The molecule has 0 saturated carbocycles. The topological polar surface area (TPSA) is 71.8 Å². The average molecular weight is 322 g/mol. The molecule has 1 aromatic heterocycles. The molecule has 0 spiro atoms. The maximum absolute atomic E-state index is 12.3. The molecule has 6 nitrogen and oxygen atoms in total. The number of rotatable bonds is 8. The number of ether oxygens (including phenoxy) is 1. The number of nitrogens with zero attached hydrogens (tertiary/aromatic N) is 1. The van der Waals surface area contributed by atoms with Crippen molar-refractivity contribution in [1.29, 1.82) is 0 Å². The Bertz CT molecular complexity index is 499. The van der Waals surface area contributed by atoms with Crippen molar-refractivity contribution < 1.29 is 18.7 Å². The summed E-state index contributed by atoms with van der Waals surface area (Å²) < 4.78 is 10.6. The largest absolute Gasteiger partial charge is 0.459 e. The molecule has 2 heterocycles. The van der Waals surface area contributed by atoms with Gasteiger partial charge < -0.3 is 19.4 Å². The van der Waals surface area contributed by atoms with E-state index >= 15 is 0 Å². The molecule has 128 valence electrons. The van der Waals surface area contributed by atoms with Crippen LogP contribution in [0.1, 0.15) is 43.7 Å². The number of amides is 2. The molecule has 0 bridgehead atoms. The van der Waals surface area contributed by atoms with E-state index in [9.17, 15) is 9.59 Å². The van der Waals surface area contributed by atoms with E-state index in [2.05, 4.69) is 19.2 Å². The summed E-state index contributed by atoms with van der Waals surface area (Å²) >= 11 is 0. The van der Waals surface area contributed by atoms with Crippen molar-refractivity contribution in [1.82, 2.24) is 10.2 Å². The van der Waals surface area contributed by atoms with Crippen molar-refractivity contribution in [2.75, 3.05) is 26.3 Å². The van der Waals surface area contributed by atoms with Gasteiger partial charge >= 0.3 is 0 Å². The number of carbonyl (C=O) groups excluding carboxylic acids is 2. The van der Waals surface area contributed by atoms with Gasteiger partial charge in [0.05, 0.1) is 6.26 Å². The zero-order chi connectivity index (χ0) is 16.7. The Morgan fingerprint density at radius 3 is 3.00 bits per heavy atom. The van der Waals surface area contributed by atoms with Gasteiger partial charge in [-0.1, -0.05) is 13.8 Å². The number of hydrogen-bond donors (Lipinski definition) is 1. The van der Waals surface area contributed by atoms with Crippen LogP contribution < -0.4 is 5.32 Å². The Hall–Kier alpha value is -1.82. The predicted molar refractivity (Wildman–Crippen MR) is 86.1 cm³/mol. The monoisotopic (exact) mass is 322 g/mol. The van der Waals surface area contributed by atoms with Gasteiger partial charge in [-0.2, -0.15) is 0 Å². The van der Waals surface area contributed by atoms with Crippen LogP contribution in [0.15, 0.2) is 22.8 Å². The predicted octanol–water partition coefficient (Wildman–Crippen LogP) is 2.06.